The summed E-state index contributed by atoms with van der Waals surface area (Å²) in [5.74, 6) is -1.62. The Morgan fingerprint density at radius 3 is 2.86 bits per heavy atom. The lowest BCUT2D eigenvalue weighted by atomic mass is 9.80. The van der Waals surface area contributed by atoms with Gasteiger partial charge >= 0.3 is 0 Å². The van der Waals surface area contributed by atoms with Crippen LogP contribution >= 0.6 is 0 Å². The number of halogens is 2. The van der Waals surface area contributed by atoms with Crippen molar-refractivity contribution >= 4 is 0 Å². The maximum atomic E-state index is 13.2. The van der Waals surface area contributed by atoms with Crippen molar-refractivity contribution in [3.05, 3.63) is 35.4 Å². The van der Waals surface area contributed by atoms with Gasteiger partial charge in [-0.2, -0.15) is 0 Å². The number of ether oxygens (including phenoxy) is 2. The minimum absolute atomic E-state index is 0.105. The van der Waals surface area contributed by atoms with Gasteiger partial charge < -0.3 is 14.6 Å². The van der Waals surface area contributed by atoms with Gasteiger partial charge in [-0.05, 0) is 42.9 Å². The Hall–Kier alpha value is -1.04. The van der Waals surface area contributed by atoms with Crippen LogP contribution in [-0.2, 0) is 15.9 Å². The van der Waals surface area contributed by atoms with Crippen LogP contribution in [0.1, 0.15) is 24.8 Å². The van der Waals surface area contributed by atoms with Crippen LogP contribution in [0.25, 0.3) is 0 Å². The van der Waals surface area contributed by atoms with E-state index >= 15 is 0 Å². The van der Waals surface area contributed by atoms with Gasteiger partial charge in [0.25, 0.3) is 0 Å². The Morgan fingerprint density at radius 1 is 1.29 bits per heavy atom. The van der Waals surface area contributed by atoms with E-state index in [1.807, 2.05) is 0 Å². The van der Waals surface area contributed by atoms with Gasteiger partial charge in [-0.25, -0.2) is 8.78 Å². The minimum atomic E-state index is -0.868. The third-order valence-electron chi connectivity index (χ3n) is 4.57. The largest absolute Gasteiger partial charge is 0.392 e. The first-order valence-electron chi connectivity index (χ1n) is 7.42. The summed E-state index contributed by atoms with van der Waals surface area (Å²) in [7, 11) is 0. The lowest BCUT2D eigenvalue weighted by Gasteiger charge is -2.39. The molecule has 2 heterocycles. The maximum Gasteiger partial charge on any atom is 0.159 e. The molecule has 1 aromatic rings. The maximum absolute atomic E-state index is 13.2. The Bertz CT molecular complexity index is 500. The van der Waals surface area contributed by atoms with Crippen molar-refractivity contribution in [3.8, 4) is 0 Å². The molecular formula is C16H20F2O3. The molecule has 5 heteroatoms. The Kier molecular flexibility index (Phi) is 4.24. The zero-order valence-electron chi connectivity index (χ0n) is 11.9. The number of aliphatic hydroxyl groups is 1. The molecule has 3 atom stereocenters. The molecular weight excluding hydrogens is 278 g/mol. The molecule has 0 aromatic heterocycles. The third-order valence-corrected chi connectivity index (χ3v) is 4.57. The summed E-state index contributed by atoms with van der Waals surface area (Å²) >= 11 is 0. The molecule has 0 radical (unpaired) electrons. The van der Waals surface area contributed by atoms with Gasteiger partial charge in [0.1, 0.15) is 0 Å². The highest BCUT2D eigenvalue weighted by Gasteiger charge is 2.42. The molecule has 0 aliphatic carbocycles. The molecule has 0 saturated carbocycles. The van der Waals surface area contributed by atoms with Crippen LogP contribution in [0.3, 0.4) is 0 Å². The number of rotatable bonds is 3. The number of hydrogen-bond donors (Lipinski definition) is 1. The van der Waals surface area contributed by atoms with Crippen molar-refractivity contribution in [2.75, 3.05) is 19.8 Å². The zero-order chi connectivity index (χ0) is 14.9. The van der Waals surface area contributed by atoms with E-state index in [-0.39, 0.29) is 11.5 Å². The second-order valence-corrected chi connectivity index (χ2v) is 6.11. The molecule has 2 saturated heterocycles. The first kappa shape index (κ1) is 14.9. The first-order valence-corrected chi connectivity index (χ1v) is 7.42. The van der Waals surface area contributed by atoms with E-state index in [1.54, 1.807) is 0 Å². The van der Waals surface area contributed by atoms with Gasteiger partial charge in [-0.15, -0.1) is 0 Å². The number of hydrogen-bond acceptors (Lipinski definition) is 3. The molecule has 21 heavy (non-hydrogen) atoms. The Morgan fingerprint density at radius 2 is 2.14 bits per heavy atom. The van der Waals surface area contributed by atoms with Crippen molar-refractivity contribution in [3.63, 3.8) is 0 Å². The summed E-state index contributed by atoms with van der Waals surface area (Å²) in [6, 6.07) is 3.79. The fraction of sp³-hybridized carbons (Fsp3) is 0.625. The number of aliphatic hydroxyl groups excluding tert-OH is 1. The molecule has 1 N–H and O–H groups in total. The van der Waals surface area contributed by atoms with E-state index < -0.39 is 17.7 Å². The second-order valence-electron chi connectivity index (χ2n) is 6.11. The van der Waals surface area contributed by atoms with Gasteiger partial charge in [-0.3, -0.25) is 0 Å². The van der Waals surface area contributed by atoms with Crippen molar-refractivity contribution in [1.82, 2.24) is 0 Å². The third kappa shape index (κ3) is 3.25. The van der Waals surface area contributed by atoms with Crippen LogP contribution in [0.2, 0.25) is 0 Å². The van der Waals surface area contributed by atoms with Crippen molar-refractivity contribution in [1.29, 1.82) is 0 Å². The highest BCUT2D eigenvalue weighted by atomic mass is 19.2. The molecule has 1 spiro atoms. The van der Waals surface area contributed by atoms with Crippen LogP contribution in [0.5, 0.6) is 0 Å². The molecule has 2 fully saturated rings. The minimum Gasteiger partial charge on any atom is -0.392 e. The zero-order valence-corrected chi connectivity index (χ0v) is 11.9. The molecule has 3 nitrogen and oxygen atoms in total. The van der Waals surface area contributed by atoms with E-state index in [0.29, 0.717) is 31.8 Å². The average Bonchev–Trinajstić information content (AvgIpc) is 2.91. The molecule has 2 aliphatic heterocycles. The van der Waals surface area contributed by atoms with Gasteiger partial charge in [0.05, 0.1) is 18.3 Å². The van der Waals surface area contributed by atoms with Crippen molar-refractivity contribution in [2.24, 2.45) is 5.92 Å². The van der Waals surface area contributed by atoms with Gasteiger partial charge in [0, 0.05) is 19.6 Å². The predicted molar refractivity (Wildman–Crippen MR) is 72.9 cm³/mol. The Labute approximate surface area is 122 Å². The summed E-state index contributed by atoms with van der Waals surface area (Å²) in [5, 5.41) is 10.4. The second kappa shape index (κ2) is 5.99. The van der Waals surface area contributed by atoms with Crippen LogP contribution in [0.15, 0.2) is 18.2 Å². The standard InChI is InChI=1S/C16H20F2O3/c17-13-2-1-11(7-14(13)18)8-15(19)12-3-5-21-16(9-12)4-6-20-10-16/h1-2,7,12,15,19H,3-6,8-10H2. The molecule has 0 amide bonds. The van der Waals surface area contributed by atoms with E-state index in [2.05, 4.69) is 0 Å². The first-order chi connectivity index (χ1) is 10.1. The van der Waals surface area contributed by atoms with E-state index in [4.69, 9.17) is 9.47 Å². The van der Waals surface area contributed by atoms with Crippen LogP contribution in [-0.4, -0.2) is 36.6 Å². The predicted octanol–water partition coefficient (Wildman–Crippen LogP) is 2.45. The van der Waals surface area contributed by atoms with Crippen LogP contribution in [0.4, 0.5) is 8.78 Å². The lowest BCUT2D eigenvalue weighted by Crippen LogP contribution is -2.44. The summed E-state index contributed by atoms with van der Waals surface area (Å²) in [6.45, 7) is 1.90. The fourth-order valence-corrected chi connectivity index (χ4v) is 3.33. The molecule has 3 rings (SSSR count). The summed E-state index contributed by atoms with van der Waals surface area (Å²) < 4.78 is 37.4. The summed E-state index contributed by atoms with van der Waals surface area (Å²) in [4.78, 5) is 0. The fourth-order valence-electron chi connectivity index (χ4n) is 3.33. The van der Waals surface area contributed by atoms with E-state index in [0.717, 1.165) is 31.4 Å². The van der Waals surface area contributed by atoms with Crippen molar-refractivity contribution in [2.45, 2.75) is 37.4 Å². The average molecular weight is 298 g/mol. The van der Waals surface area contributed by atoms with Gasteiger partial charge in [0.15, 0.2) is 11.6 Å². The molecule has 116 valence electrons. The Balaban J connectivity index is 1.64. The smallest absolute Gasteiger partial charge is 0.159 e. The number of benzene rings is 1. The van der Waals surface area contributed by atoms with Gasteiger partial charge in [0.2, 0.25) is 0 Å². The molecule has 2 aliphatic rings. The quantitative estimate of drug-likeness (QED) is 0.931. The highest BCUT2D eigenvalue weighted by Crippen LogP contribution is 2.37. The lowest BCUT2D eigenvalue weighted by molar-refractivity contribution is -0.116. The summed E-state index contributed by atoms with van der Waals surface area (Å²) in [5.41, 5.74) is 0.363. The monoisotopic (exact) mass is 298 g/mol. The van der Waals surface area contributed by atoms with E-state index in [1.165, 1.54) is 6.07 Å². The topological polar surface area (TPSA) is 38.7 Å². The molecule has 0 bridgehead atoms. The van der Waals surface area contributed by atoms with Crippen molar-refractivity contribution < 1.29 is 23.4 Å². The SMILES string of the molecule is OC(Cc1ccc(F)c(F)c1)C1CCOC2(CCOC2)C1. The van der Waals surface area contributed by atoms with Crippen LogP contribution in [0, 0.1) is 17.6 Å². The van der Waals surface area contributed by atoms with Crippen LogP contribution < -0.4 is 0 Å². The molecule has 1 aromatic carbocycles. The normalized spacial score (nSPS) is 30.7. The molecule has 3 unspecified atom stereocenters. The summed E-state index contributed by atoms with van der Waals surface area (Å²) in [6.07, 6.45) is 2.17. The van der Waals surface area contributed by atoms with Gasteiger partial charge in [-0.1, -0.05) is 6.07 Å². The van der Waals surface area contributed by atoms with E-state index in [9.17, 15) is 13.9 Å². The highest BCUT2D eigenvalue weighted by molar-refractivity contribution is 5.18.